The zero-order valence-corrected chi connectivity index (χ0v) is 21.7. The number of thiazole rings is 1. The maximum absolute atomic E-state index is 5.19. The van der Waals surface area contributed by atoms with Crippen molar-refractivity contribution in [3.63, 3.8) is 0 Å². The molecule has 4 rings (SSSR count). The van der Waals surface area contributed by atoms with Gasteiger partial charge < -0.3 is 19.6 Å². The molecular formula is C21H34IN7OS. The number of hydrogen-bond acceptors (Lipinski definition) is 7. The summed E-state index contributed by atoms with van der Waals surface area (Å²) in [6.07, 6.45) is 3.47. The SMILES string of the molecule is CCNC(=NCCc1csc(N2CCCC2)n1)N1CCN(Cc2cc(C)on2)CC1.I. The minimum atomic E-state index is 0. The van der Waals surface area contributed by atoms with E-state index >= 15 is 0 Å². The van der Waals surface area contributed by atoms with Gasteiger partial charge >= 0.3 is 0 Å². The molecule has 10 heteroatoms. The van der Waals surface area contributed by atoms with E-state index < -0.39 is 0 Å². The molecule has 0 unspecified atom stereocenters. The number of rotatable bonds is 7. The molecule has 0 aliphatic carbocycles. The summed E-state index contributed by atoms with van der Waals surface area (Å²) in [5, 5.41) is 10.9. The predicted octanol–water partition coefficient (Wildman–Crippen LogP) is 2.98. The van der Waals surface area contributed by atoms with Crippen LogP contribution in [0.1, 0.15) is 36.9 Å². The molecule has 0 spiro atoms. The summed E-state index contributed by atoms with van der Waals surface area (Å²) < 4.78 is 5.19. The summed E-state index contributed by atoms with van der Waals surface area (Å²) in [6.45, 7) is 12.8. The third-order valence-corrected chi connectivity index (χ3v) is 6.57. The van der Waals surface area contributed by atoms with Crippen LogP contribution < -0.4 is 10.2 Å². The number of anilines is 1. The molecule has 2 aliphatic heterocycles. The first-order chi connectivity index (χ1) is 14.7. The van der Waals surface area contributed by atoms with Gasteiger partial charge in [-0.05, 0) is 26.7 Å². The summed E-state index contributed by atoms with van der Waals surface area (Å²) in [6, 6.07) is 2.02. The third-order valence-electron chi connectivity index (χ3n) is 5.61. The van der Waals surface area contributed by atoms with Crippen molar-refractivity contribution in [2.75, 3.05) is 57.3 Å². The van der Waals surface area contributed by atoms with E-state index in [0.717, 1.165) is 88.4 Å². The highest BCUT2D eigenvalue weighted by Gasteiger charge is 2.20. The van der Waals surface area contributed by atoms with Gasteiger partial charge in [0.25, 0.3) is 0 Å². The van der Waals surface area contributed by atoms with Gasteiger partial charge in [0.1, 0.15) is 5.76 Å². The monoisotopic (exact) mass is 559 g/mol. The summed E-state index contributed by atoms with van der Waals surface area (Å²) in [5.74, 6) is 1.89. The second kappa shape index (κ2) is 12.0. The number of halogens is 1. The molecule has 0 atom stereocenters. The quantitative estimate of drug-likeness (QED) is 0.318. The standard InChI is InChI=1S/C21H33N7OS.HI/c1-3-22-20(23-7-6-18-16-30-21(24-18)28-8-4-5-9-28)27-12-10-26(11-13-27)15-19-14-17(2)29-25-19;/h14,16H,3-13,15H2,1-2H3,(H,22,23);1H. The largest absolute Gasteiger partial charge is 0.361 e. The van der Waals surface area contributed by atoms with E-state index in [1.165, 1.54) is 18.0 Å². The van der Waals surface area contributed by atoms with E-state index in [0.29, 0.717) is 0 Å². The first-order valence-corrected chi connectivity index (χ1v) is 12.0. The molecule has 0 aromatic carbocycles. The fraction of sp³-hybridized carbons (Fsp3) is 0.667. The van der Waals surface area contributed by atoms with Gasteiger partial charge in [-0.25, -0.2) is 4.98 Å². The van der Waals surface area contributed by atoms with Gasteiger partial charge in [-0.2, -0.15) is 0 Å². The number of aromatic nitrogens is 2. The Morgan fingerprint density at radius 3 is 2.61 bits per heavy atom. The van der Waals surface area contributed by atoms with Gasteiger partial charge in [-0.1, -0.05) is 5.16 Å². The van der Waals surface area contributed by atoms with E-state index in [2.05, 4.69) is 37.5 Å². The van der Waals surface area contributed by atoms with Gasteiger partial charge in [-0.3, -0.25) is 9.89 Å². The van der Waals surface area contributed by atoms with Crippen LogP contribution in [0.4, 0.5) is 5.13 Å². The van der Waals surface area contributed by atoms with Gasteiger partial charge in [0, 0.05) is 76.8 Å². The lowest BCUT2D eigenvalue weighted by Crippen LogP contribution is -2.52. The summed E-state index contributed by atoms with van der Waals surface area (Å²) in [5.41, 5.74) is 2.17. The summed E-state index contributed by atoms with van der Waals surface area (Å²) >= 11 is 1.77. The van der Waals surface area contributed by atoms with E-state index in [4.69, 9.17) is 14.5 Å². The number of nitrogens with zero attached hydrogens (tertiary/aromatic N) is 6. The summed E-state index contributed by atoms with van der Waals surface area (Å²) in [7, 11) is 0. The predicted molar refractivity (Wildman–Crippen MR) is 137 cm³/mol. The van der Waals surface area contributed by atoms with Crippen LogP contribution in [0.2, 0.25) is 0 Å². The van der Waals surface area contributed by atoms with Crippen LogP contribution >= 0.6 is 35.3 Å². The number of hydrogen-bond donors (Lipinski definition) is 1. The van der Waals surface area contributed by atoms with Crippen molar-refractivity contribution in [3.05, 3.63) is 28.6 Å². The highest BCUT2D eigenvalue weighted by molar-refractivity contribution is 14.0. The molecule has 2 fully saturated rings. The first-order valence-electron chi connectivity index (χ1n) is 11.1. The topological polar surface area (TPSA) is 73.0 Å². The molecule has 8 nitrogen and oxygen atoms in total. The Kier molecular flexibility index (Phi) is 9.39. The molecule has 4 heterocycles. The average Bonchev–Trinajstić information content (AvgIpc) is 3.50. The first kappa shape index (κ1) is 24.2. The average molecular weight is 560 g/mol. The van der Waals surface area contributed by atoms with Crippen LogP contribution in [-0.2, 0) is 13.0 Å². The van der Waals surface area contributed by atoms with Gasteiger partial charge in [0.05, 0.1) is 11.4 Å². The van der Waals surface area contributed by atoms with Crippen molar-refractivity contribution >= 4 is 46.4 Å². The molecule has 172 valence electrons. The minimum absolute atomic E-state index is 0. The Morgan fingerprint density at radius 1 is 1.16 bits per heavy atom. The molecule has 0 radical (unpaired) electrons. The van der Waals surface area contributed by atoms with E-state index in [-0.39, 0.29) is 24.0 Å². The van der Waals surface area contributed by atoms with Crippen LogP contribution in [0, 0.1) is 6.92 Å². The van der Waals surface area contributed by atoms with Crippen LogP contribution in [0.25, 0.3) is 0 Å². The Balaban J connectivity index is 0.00000272. The minimum Gasteiger partial charge on any atom is -0.361 e. The number of piperazine rings is 1. The maximum atomic E-state index is 5.19. The van der Waals surface area contributed by atoms with Crippen molar-refractivity contribution < 1.29 is 4.52 Å². The lowest BCUT2D eigenvalue weighted by molar-refractivity contribution is 0.169. The number of nitrogens with one attached hydrogen (secondary N) is 1. The van der Waals surface area contributed by atoms with E-state index in [1.807, 2.05) is 13.0 Å². The normalized spacial score (nSPS) is 17.8. The van der Waals surface area contributed by atoms with Crippen molar-refractivity contribution in [3.8, 4) is 0 Å². The maximum Gasteiger partial charge on any atom is 0.194 e. The zero-order chi connectivity index (χ0) is 20.8. The molecule has 2 aromatic rings. The molecule has 2 aliphatic rings. The van der Waals surface area contributed by atoms with Crippen LogP contribution in [0.15, 0.2) is 21.0 Å². The van der Waals surface area contributed by atoms with Gasteiger partial charge in [0.2, 0.25) is 0 Å². The smallest absolute Gasteiger partial charge is 0.194 e. The molecule has 2 saturated heterocycles. The fourth-order valence-corrected chi connectivity index (χ4v) is 4.92. The lowest BCUT2D eigenvalue weighted by atomic mass is 10.3. The summed E-state index contributed by atoms with van der Waals surface area (Å²) in [4.78, 5) is 16.9. The molecule has 0 amide bonds. The van der Waals surface area contributed by atoms with Crippen molar-refractivity contribution in [2.45, 2.75) is 39.7 Å². The van der Waals surface area contributed by atoms with Crippen LogP contribution in [-0.4, -0.2) is 78.3 Å². The van der Waals surface area contributed by atoms with Crippen LogP contribution in [0.5, 0.6) is 0 Å². The highest BCUT2D eigenvalue weighted by Crippen LogP contribution is 2.24. The second-order valence-corrected chi connectivity index (χ2v) is 8.83. The highest BCUT2D eigenvalue weighted by atomic mass is 127. The second-order valence-electron chi connectivity index (χ2n) is 7.99. The third kappa shape index (κ3) is 6.79. The van der Waals surface area contributed by atoms with Crippen molar-refractivity contribution in [1.29, 1.82) is 0 Å². The van der Waals surface area contributed by atoms with Crippen molar-refractivity contribution in [2.24, 2.45) is 4.99 Å². The Bertz CT molecular complexity index is 825. The van der Waals surface area contributed by atoms with E-state index in [1.54, 1.807) is 11.3 Å². The Hall–Kier alpha value is -1.40. The van der Waals surface area contributed by atoms with E-state index in [9.17, 15) is 0 Å². The van der Waals surface area contributed by atoms with Crippen molar-refractivity contribution in [1.82, 2.24) is 25.3 Å². The molecule has 2 aromatic heterocycles. The zero-order valence-electron chi connectivity index (χ0n) is 18.5. The van der Waals surface area contributed by atoms with Crippen LogP contribution in [0.3, 0.4) is 0 Å². The fourth-order valence-electron chi connectivity index (χ4n) is 4.01. The number of aliphatic imine (C=N–C) groups is 1. The molecule has 1 N–H and O–H groups in total. The Labute approximate surface area is 206 Å². The molecular weight excluding hydrogens is 525 g/mol. The van der Waals surface area contributed by atoms with Gasteiger partial charge in [-0.15, -0.1) is 35.3 Å². The Morgan fingerprint density at radius 2 is 1.94 bits per heavy atom. The lowest BCUT2D eigenvalue weighted by Gasteiger charge is -2.36. The van der Waals surface area contributed by atoms with Gasteiger partial charge in [0.15, 0.2) is 11.1 Å². The number of guanidine groups is 1. The molecule has 31 heavy (non-hydrogen) atoms. The number of aryl methyl sites for hydroxylation is 1. The molecule has 0 bridgehead atoms. The molecule has 0 saturated carbocycles.